The Morgan fingerprint density at radius 1 is 0.939 bits per heavy atom. The first-order chi connectivity index (χ1) is 15.7. The Kier molecular flexibility index (Phi) is 6.30. The van der Waals surface area contributed by atoms with Crippen LogP contribution in [-0.2, 0) is 14.8 Å². The Morgan fingerprint density at radius 3 is 2.18 bits per heavy atom. The molecule has 6 heteroatoms. The summed E-state index contributed by atoms with van der Waals surface area (Å²) in [6, 6.07) is 23.2. The van der Waals surface area contributed by atoms with Crippen LogP contribution in [0.1, 0.15) is 44.4 Å². The van der Waals surface area contributed by atoms with Crippen molar-refractivity contribution in [2.75, 3.05) is 9.21 Å². The van der Waals surface area contributed by atoms with E-state index in [4.69, 9.17) is 0 Å². The Hall–Kier alpha value is -3.12. The summed E-state index contributed by atoms with van der Waals surface area (Å²) in [6.45, 7) is 7.71. The summed E-state index contributed by atoms with van der Waals surface area (Å²) in [5, 5.41) is 0. The van der Waals surface area contributed by atoms with E-state index in [0.29, 0.717) is 12.1 Å². The van der Waals surface area contributed by atoms with E-state index < -0.39 is 16.1 Å². The fraction of sp³-hybridized carbons (Fsp3) is 0.296. The van der Waals surface area contributed by atoms with E-state index in [2.05, 4.69) is 0 Å². The predicted molar refractivity (Wildman–Crippen MR) is 133 cm³/mol. The van der Waals surface area contributed by atoms with Crippen LogP contribution in [0.4, 0.5) is 11.4 Å². The van der Waals surface area contributed by atoms with Gasteiger partial charge in [-0.1, -0.05) is 67.9 Å². The molecule has 3 aromatic carbocycles. The van der Waals surface area contributed by atoms with Crippen LogP contribution in [0.15, 0.2) is 83.8 Å². The Balaban J connectivity index is 1.90. The molecule has 0 bridgehead atoms. The van der Waals surface area contributed by atoms with Crippen molar-refractivity contribution in [2.24, 2.45) is 5.92 Å². The maximum atomic E-state index is 14.0. The number of sulfonamides is 1. The van der Waals surface area contributed by atoms with Gasteiger partial charge in [0.15, 0.2) is 0 Å². The van der Waals surface area contributed by atoms with Gasteiger partial charge < -0.3 is 4.90 Å². The molecule has 2 atom stereocenters. The molecule has 0 unspecified atom stereocenters. The first kappa shape index (κ1) is 23.1. The van der Waals surface area contributed by atoms with Crippen LogP contribution in [0.2, 0.25) is 0 Å². The molecule has 4 rings (SSSR count). The lowest BCUT2D eigenvalue weighted by molar-refractivity contribution is -0.122. The molecule has 1 heterocycles. The van der Waals surface area contributed by atoms with E-state index in [1.807, 2.05) is 99.3 Å². The third-order valence-electron chi connectivity index (χ3n) is 6.16. The summed E-state index contributed by atoms with van der Waals surface area (Å²) in [5.74, 6) is -0.111. The number of benzene rings is 3. The van der Waals surface area contributed by atoms with E-state index in [0.717, 1.165) is 16.8 Å². The number of hydrogen-bond donors (Lipinski definition) is 0. The lowest BCUT2D eigenvalue weighted by atomic mass is 9.90. The minimum atomic E-state index is -3.86. The number of aryl methyl sites for hydroxylation is 1. The topological polar surface area (TPSA) is 57.7 Å². The van der Waals surface area contributed by atoms with Crippen molar-refractivity contribution < 1.29 is 13.2 Å². The summed E-state index contributed by atoms with van der Waals surface area (Å²) < 4.78 is 29.6. The molecule has 5 nitrogen and oxygen atoms in total. The molecular formula is C27H30N2O3S. The average Bonchev–Trinajstić information content (AvgIpc) is 2.80. The number of fused-ring (bicyclic) bond motifs is 1. The maximum Gasteiger partial charge on any atom is 0.264 e. The van der Waals surface area contributed by atoms with Crippen LogP contribution < -0.4 is 9.21 Å². The second-order valence-electron chi connectivity index (χ2n) is 8.97. The quantitative estimate of drug-likeness (QED) is 0.488. The minimum absolute atomic E-state index is 0.0426. The molecule has 0 saturated heterocycles. The molecule has 3 aromatic rings. The van der Waals surface area contributed by atoms with Crippen molar-refractivity contribution in [1.82, 2.24) is 0 Å². The summed E-state index contributed by atoms with van der Waals surface area (Å²) >= 11 is 0. The normalized spacial score (nSPS) is 18.2. The molecule has 0 N–H and O–H groups in total. The van der Waals surface area contributed by atoms with E-state index in [1.165, 1.54) is 4.31 Å². The highest BCUT2D eigenvalue weighted by Crippen LogP contribution is 2.44. The van der Waals surface area contributed by atoms with Crippen molar-refractivity contribution in [3.8, 4) is 0 Å². The van der Waals surface area contributed by atoms with E-state index in [-0.39, 0.29) is 22.8 Å². The number of carbonyl (C=O) groups excluding carboxylic acids is 1. The molecule has 0 radical (unpaired) electrons. The van der Waals surface area contributed by atoms with Crippen LogP contribution in [0, 0.1) is 12.8 Å². The molecule has 33 heavy (non-hydrogen) atoms. The van der Waals surface area contributed by atoms with Gasteiger partial charge in [-0.15, -0.1) is 0 Å². The number of hydrogen-bond acceptors (Lipinski definition) is 3. The zero-order valence-corrected chi connectivity index (χ0v) is 20.3. The predicted octanol–water partition coefficient (Wildman–Crippen LogP) is 5.71. The molecule has 172 valence electrons. The van der Waals surface area contributed by atoms with Gasteiger partial charge in [0.25, 0.3) is 10.0 Å². The SMILES string of the molecule is Cc1ccc(S(=O)(=O)N(c2ccccc2)[C@@H]2C[C@@H](C)N(C(=O)C(C)C)c3ccccc32)cc1. The van der Waals surface area contributed by atoms with Gasteiger partial charge in [-0.25, -0.2) is 8.42 Å². The molecule has 1 amide bonds. The van der Waals surface area contributed by atoms with Gasteiger partial charge in [0.2, 0.25) is 5.91 Å². The van der Waals surface area contributed by atoms with Crippen LogP contribution in [0.3, 0.4) is 0 Å². The van der Waals surface area contributed by atoms with Crippen molar-refractivity contribution in [2.45, 2.75) is 51.1 Å². The van der Waals surface area contributed by atoms with Crippen LogP contribution >= 0.6 is 0 Å². The maximum absolute atomic E-state index is 14.0. The fourth-order valence-corrected chi connectivity index (χ4v) is 6.14. The molecule has 1 aliphatic heterocycles. The Morgan fingerprint density at radius 2 is 1.55 bits per heavy atom. The van der Waals surface area contributed by atoms with E-state index >= 15 is 0 Å². The van der Waals surface area contributed by atoms with Gasteiger partial charge in [0.05, 0.1) is 16.6 Å². The van der Waals surface area contributed by atoms with Gasteiger partial charge in [-0.05, 0) is 56.2 Å². The summed E-state index contributed by atoms with van der Waals surface area (Å²) in [6.07, 6.45) is 0.495. The molecule has 0 aromatic heterocycles. The number of carbonyl (C=O) groups is 1. The fourth-order valence-electron chi connectivity index (χ4n) is 4.50. The lowest BCUT2D eigenvalue weighted by Gasteiger charge is -2.44. The second kappa shape index (κ2) is 9.02. The van der Waals surface area contributed by atoms with Crippen molar-refractivity contribution in [3.05, 3.63) is 90.0 Å². The molecule has 1 aliphatic rings. The second-order valence-corrected chi connectivity index (χ2v) is 10.8. The van der Waals surface area contributed by atoms with Crippen LogP contribution in [-0.4, -0.2) is 20.4 Å². The molecule has 0 spiro atoms. The Labute approximate surface area is 196 Å². The van der Waals surface area contributed by atoms with Gasteiger partial charge >= 0.3 is 0 Å². The minimum Gasteiger partial charge on any atom is -0.309 e. The summed E-state index contributed by atoms with van der Waals surface area (Å²) in [4.78, 5) is 15.1. The monoisotopic (exact) mass is 462 g/mol. The van der Waals surface area contributed by atoms with E-state index in [9.17, 15) is 13.2 Å². The highest BCUT2D eigenvalue weighted by Gasteiger charge is 2.41. The van der Waals surface area contributed by atoms with Gasteiger partial charge in [0.1, 0.15) is 0 Å². The van der Waals surface area contributed by atoms with Gasteiger partial charge in [0, 0.05) is 17.6 Å². The van der Waals surface area contributed by atoms with Crippen LogP contribution in [0.5, 0.6) is 0 Å². The molecule has 0 fully saturated rings. The summed E-state index contributed by atoms with van der Waals surface area (Å²) in [7, 11) is -3.86. The summed E-state index contributed by atoms with van der Waals surface area (Å²) in [5.41, 5.74) is 3.22. The van der Waals surface area contributed by atoms with Gasteiger partial charge in [-0.3, -0.25) is 9.10 Å². The van der Waals surface area contributed by atoms with Crippen LogP contribution in [0.25, 0.3) is 0 Å². The van der Waals surface area contributed by atoms with Crippen molar-refractivity contribution in [3.63, 3.8) is 0 Å². The highest BCUT2D eigenvalue weighted by molar-refractivity contribution is 7.92. The molecular weight excluding hydrogens is 432 g/mol. The third kappa shape index (κ3) is 4.27. The van der Waals surface area contributed by atoms with Gasteiger partial charge in [-0.2, -0.15) is 0 Å². The number of rotatable bonds is 5. The first-order valence-electron chi connectivity index (χ1n) is 11.3. The first-order valence-corrected chi connectivity index (χ1v) is 12.7. The average molecular weight is 463 g/mol. The zero-order chi connectivity index (χ0) is 23.8. The molecule has 0 saturated carbocycles. The zero-order valence-electron chi connectivity index (χ0n) is 19.5. The van der Waals surface area contributed by atoms with Crippen molar-refractivity contribution >= 4 is 27.3 Å². The lowest BCUT2D eigenvalue weighted by Crippen LogP contribution is -2.49. The highest BCUT2D eigenvalue weighted by atomic mass is 32.2. The smallest absolute Gasteiger partial charge is 0.264 e. The number of amides is 1. The third-order valence-corrected chi connectivity index (χ3v) is 8.01. The van der Waals surface area contributed by atoms with Crippen molar-refractivity contribution in [1.29, 1.82) is 0 Å². The number of para-hydroxylation sites is 2. The largest absolute Gasteiger partial charge is 0.309 e. The molecule has 0 aliphatic carbocycles. The number of nitrogens with zero attached hydrogens (tertiary/aromatic N) is 2. The standard InChI is InChI=1S/C27H30N2O3S/c1-19(2)27(30)28-21(4)18-26(24-12-8-9-13-25(24)28)29(22-10-6-5-7-11-22)33(31,32)23-16-14-20(3)15-17-23/h5-17,19,21,26H,18H2,1-4H3/t21-,26-/m1/s1. The number of anilines is 2. The Bertz CT molecular complexity index is 1240. The van der Waals surface area contributed by atoms with E-state index in [1.54, 1.807) is 12.1 Å².